The summed E-state index contributed by atoms with van der Waals surface area (Å²) >= 11 is 0. The van der Waals surface area contributed by atoms with Gasteiger partial charge in [0.1, 0.15) is 0 Å². The van der Waals surface area contributed by atoms with Crippen LogP contribution >= 0.6 is 0 Å². The van der Waals surface area contributed by atoms with Crippen LogP contribution in [0.2, 0.25) is 0 Å². The minimum absolute atomic E-state index is 0.274. The second kappa shape index (κ2) is 5.16. The molecule has 2 atom stereocenters. The van der Waals surface area contributed by atoms with Crippen LogP contribution < -0.4 is 0 Å². The maximum absolute atomic E-state index is 4.91. The third kappa shape index (κ3) is 2.18. The van der Waals surface area contributed by atoms with Crippen LogP contribution in [0.5, 0.6) is 0 Å². The normalized spacial score (nSPS) is 30.7. The fraction of sp³-hybridized carbons (Fsp3) is 0.389. The Labute approximate surface area is 115 Å². The summed E-state index contributed by atoms with van der Waals surface area (Å²) in [6, 6.07) is 10.5. The van der Waals surface area contributed by atoms with Crippen molar-refractivity contribution < 1.29 is 0 Å². The van der Waals surface area contributed by atoms with E-state index >= 15 is 0 Å². The zero-order valence-corrected chi connectivity index (χ0v) is 11.4. The first-order valence-electron chi connectivity index (χ1n) is 7.23. The van der Waals surface area contributed by atoms with Gasteiger partial charge in [0.2, 0.25) is 0 Å². The van der Waals surface area contributed by atoms with Gasteiger partial charge >= 0.3 is 0 Å². The first-order valence-corrected chi connectivity index (χ1v) is 7.23. The highest BCUT2D eigenvalue weighted by molar-refractivity contribution is 6.02. The zero-order valence-electron chi connectivity index (χ0n) is 11.4. The third-order valence-corrected chi connectivity index (χ3v) is 4.63. The number of nitrogens with zero attached hydrogens (tertiary/aromatic N) is 1. The predicted octanol–water partition coefficient (Wildman–Crippen LogP) is 4.56. The van der Waals surface area contributed by atoms with Crippen LogP contribution in [-0.4, -0.2) is 5.71 Å². The summed E-state index contributed by atoms with van der Waals surface area (Å²) in [5, 5.41) is 0. The maximum atomic E-state index is 4.91. The molecule has 1 nitrogen and oxygen atoms in total. The summed E-state index contributed by atoms with van der Waals surface area (Å²) < 4.78 is 0. The van der Waals surface area contributed by atoms with Gasteiger partial charge in [0.25, 0.3) is 0 Å². The Kier molecular flexibility index (Phi) is 3.37. The van der Waals surface area contributed by atoms with E-state index < -0.39 is 0 Å². The Morgan fingerprint density at radius 3 is 2.95 bits per heavy atom. The topological polar surface area (TPSA) is 12.4 Å². The standard InChI is InChI=1S/C18H21N/c1-2-12-18-13-6-9-16(18)10-11-17(18)19-14-15-7-4-3-5-8-15/h2-5,7-8,10-11,16H,1,6,9,12-14H2/t16-,18-/m0/s1. The monoisotopic (exact) mass is 251 g/mol. The first kappa shape index (κ1) is 12.4. The molecule has 2 aliphatic carbocycles. The van der Waals surface area contributed by atoms with Gasteiger partial charge in [-0.3, -0.25) is 4.99 Å². The molecule has 3 rings (SSSR count). The van der Waals surface area contributed by atoms with E-state index in [9.17, 15) is 0 Å². The van der Waals surface area contributed by atoms with Gasteiger partial charge in [-0.05, 0) is 36.8 Å². The molecule has 1 fully saturated rings. The Morgan fingerprint density at radius 2 is 2.16 bits per heavy atom. The van der Waals surface area contributed by atoms with Crippen LogP contribution in [0.25, 0.3) is 0 Å². The van der Waals surface area contributed by atoms with Crippen molar-refractivity contribution >= 4 is 5.71 Å². The van der Waals surface area contributed by atoms with Crippen molar-refractivity contribution in [2.24, 2.45) is 16.3 Å². The van der Waals surface area contributed by atoms with Crippen LogP contribution in [0.15, 0.2) is 60.1 Å². The fourth-order valence-electron chi connectivity index (χ4n) is 3.66. The molecule has 0 aromatic heterocycles. The average molecular weight is 251 g/mol. The average Bonchev–Trinajstić information content (AvgIpc) is 2.97. The van der Waals surface area contributed by atoms with Crippen LogP contribution in [0, 0.1) is 11.3 Å². The van der Waals surface area contributed by atoms with Crippen LogP contribution in [-0.2, 0) is 6.54 Å². The number of hydrogen-bond acceptors (Lipinski definition) is 1. The number of aliphatic imine (C=N–C) groups is 1. The Morgan fingerprint density at radius 1 is 1.32 bits per heavy atom. The summed E-state index contributed by atoms with van der Waals surface area (Å²) in [6.45, 7) is 4.75. The molecule has 0 unspecified atom stereocenters. The third-order valence-electron chi connectivity index (χ3n) is 4.63. The second-order valence-electron chi connectivity index (χ2n) is 5.69. The molecule has 1 saturated carbocycles. The van der Waals surface area contributed by atoms with Crippen molar-refractivity contribution in [1.29, 1.82) is 0 Å². The second-order valence-corrected chi connectivity index (χ2v) is 5.69. The summed E-state index contributed by atoms with van der Waals surface area (Å²) in [4.78, 5) is 4.91. The highest BCUT2D eigenvalue weighted by Crippen LogP contribution is 2.51. The summed E-state index contributed by atoms with van der Waals surface area (Å²) in [5.41, 5.74) is 2.87. The van der Waals surface area contributed by atoms with Gasteiger partial charge < -0.3 is 0 Å². The summed E-state index contributed by atoms with van der Waals surface area (Å²) in [6.07, 6.45) is 11.7. The quantitative estimate of drug-likeness (QED) is 0.696. The van der Waals surface area contributed by atoms with Crippen molar-refractivity contribution in [2.75, 3.05) is 0 Å². The van der Waals surface area contributed by atoms with Gasteiger partial charge in [0.05, 0.1) is 6.54 Å². The lowest BCUT2D eigenvalue weighted by molar-refractivity contribution is 0.375. The van der Waals surface area contributed by atoms with Gasteiger partial charge in [0.15, 0.2) is 0 Å². The largest absolute Gasteiger partial charge is 0.284 e. The van der Waals surface area contributed by atoms with Crippen molar-refractivity contribution in [3.8, 4) is 0 Å². The van der Waals surface area contributed by atoms with Crippen LogP contribution in [0.4, 0.5) is 0 Å². The van der Waals surface area contributed by atoms with Crippen molar-refractivity contribution in [3.05, 3.63) is 60.7 Å². The lowest BCUT2D eigenvalue weighted by atomic mass is 9.75. The molecule has 0 bridgehead atoms. The van der Waals surface area contributed by atoms with E-state index in [1.807, 2.05) is 0 Å². The minimum atomic E-state index is 0.274. The highest BCUT2D eigenvalue weighted by Gasteiger charge is 2.46. The molecule has 98 valence electrons. The summed E-state index contributed by atoms with van der Waals surface area (Å²) in [5.74, 6) is 0.694. The molecule has 19 heavy (non-hydrogen) atoms. The van der Waals surface area contributed by atoms with Crippen molar-refractivity contribution in [3.63, 3.8) is 0 Å². The number of fused-ring (bicyclic) bond motifs is 1. The Hall–Kier alpha value is -1.63. The van der Waals surface area contributed by atoms with E-state index in [1.54, 1.807) is 0 Å². The van der Waals surface area contributed by atoms with Gasteiger partial charge in [-0.2, -0.15) is 0 Å². The minimum Gasteiger partial charge on any atom is -0.284 e. The van der Waals surface area contributed by atoms with Crippen LogP contribution in [0.3, 0.4) is 0 Å². The summed E-state index contributed by atoms with van der Waals surface area (Å²) in [7, 11) is 0. The molecule has 0 amide bonds. The van der Waals surface area contributed by atoms with Crippen LogP contribution in [0.1, 0.15) is 31.2 Å². The smallest absolute Gasteiger partial charge is 0.0643 e. The fourth-order valence-corrected chi connectivity index (χ4v) is 3.66. The van der Waals surface area contributed by atoms with Crippen molar-refractivity contribution in [1.82, 2.24) is 0 Å². The molecule has 0 heterocycles. The Balaban J connectivity index is 1.83. The SMILES string of the molecule is C=CC[C@]12CCC[C@H]1C=CC2=NCc1ccccc1. The number of benzene rings is 1. The van der Waals surface area contributed by atoms with Gasteiger partial charge in [-0.25, -0.2) is 0 Å². The molecule has 1 aromatic rings. The molecule has 0 aliphatic heterocycles. The number of hydrogen-bond donors (Lipinski definition) is 0. The first-order chi connectivity index (χ1) is 9.35. The molecule has 0 spiro atoms. The number of allylic oxidation sites excluding steroid dienone is 3. The van der Waals surface area contributed by atoms with E-state index in [0.717, 1.165) is 13.0 Å². The molecular formula is C18H21N. The van der Waals surface area contributed by atoms with Gasteiger partial charge in [0, 0.05) is 11.1 Å². The van der Waals surface area contributed by atoms with E-state index in [1.165, 1.54) is 30.5 Å². The molecule has 0 saturated heterocycles. The van der Waals surface area contributed by atoms with Gasteiger partial charge in [-0.15, -0.1) is 6.58 Å². The molecule has 0 N–H and O–H groups in total. The molecular weight excluding hydrogens is 230 g/mol. The Bertz CT molecular complexity index is 512. The van der Waals surface area contributed by atoms with E-state index in [-0.39, 0.29) is 5.41 Å². The maximum Gasteiger partial charge on any atom is 0.0643 e. The molecule has 2 aliphatic rings. The number of rotatable bonds is 4. The molecule has 1 heteroatoms. The van der Waals surface area contributed by atoms with Gasteiger partial charge in [-0.1, -0.05) is 48.9 Å². The molecule has 0 radical (unpaired) electrons. The van der Waals surface area contributed by atoms with Crippen molar-refractivity contribution in [2.45, 2.75) is 32.2 Å². The zero-order chi connectivity index (χ0) is 13.1. The highest BCUT2D eigenvalue weighted by atomic mass is 14.8. The lowest BCUT2D eigenvalue weighted by Gasteiger charge is -2.29. The molecule has 1 aromatic carbocycles. The lowest BCUT2D eigenvalue weighted by Crippen LogP contribution is -2.28. The predicted molar refractivity (Wildman–Crippen MR) is 81.3 cm³/mol. The van der Waals surface area contributed by atoms with E-state index in [2.05, 4.69) is 55.1 Å². The van der Waals surface area contributed by atoms with E-state index in [0.29, 0.717) is 5.92 Å². The van der Waals surface area contributed by atoms with E-state index in [4.69, 9.17) is 4.99 Å².